The third-order valence-corrected chi connectivity index (χ3v) is 13.7. The van der Waals surface area contributed by atoms with Crippen LogP contribution >= 0.6 is 0 Å². The van der Waals surface area contributed by atoms with E-state index < -0.39 is 62.9 Å². The van der Waals surface area contributed by atoms with E-state index in [2.05, 4.69) is 19.3 Å². The molecule has 4 aliphatic carbocycles. The zero-order chi connectivity index (χ0) is 36.6. The van der Waals surface area contributed by atoms with Crippen molar-refractivity contribution in [3.05, 3.63) is 0 Å². The fraction of sp³-hybridized carbons (Fsp3) is 0.919. The first-order chi connectivity index (χ1) is 22.6. The zero-order valence-electron chi connectivity index (χ0n) is 31.9. The van der Waals surface area contributed by atoms with E-state index >= 15 is 0 Å². The maximum Gasteiger partial charge on any atom is 0.430 e. The summed E-state index contributed by atoms with van der Waals surface area (Å²) in [4.78, 5) is 40.8. The van der Waals surface area contributed by atoms with Crippen molar-refractivity contribution >= 4 is 28.2 Å². The van der Waals surface area contributed by atoms with Gasteiger partial charge < -0.3 is 14.2 Å². The van der Waals surface area contributed by atoms with Gasteiger partial charge in [-0.05, 0) is 104 Å². The van der Waals surface area contributed by atoms with Gasteiger partial charge in [-0.1, -0.05) is 66.2 Å². The van der Waals surface area contributed by atoms with Crippen LogP contribution in [0.4, 0.5) is 9.59 Å². The quantitative estimate of drug-likeness (QED) is 0.146. The minimum atomic E-state index is -3.72. The van der Waals surface area contributed by atoms with Crippen LogP contribution in [0, 0.1) is 22.7 Å². The lowest BCUT2D eigenvalue weighted by molar-refractivity contribution is -0.166. The molecule has 49 heavy (non-hydrogen) atoms. The number of carbonyl (C=O) groups is 3. The molecular weight excluding hydrogens is 646 g/mol. The summed E-state index contributed by atoms with van der Waals surface area (Å²) in [6.45, 7) is 18.0. The molecule has 282 valence electrons. The van der Waals surface area contributed by atoms with Gasteiger partial charge in [0.1, 0.15) is 17.3 Å². The summed E-state index contributed by atoms with van der Waals surface area (Å²) in [5.41, 5.74) is -0.475. The maximum absolute atomic E-state index is 14.8. The average Bonchev–Trinajstić information content (AvgIpc) is 3.30. The van der Waals surface area contributed by atoms with E-state index in [0.29, 0.717) is 12.8 Å². The normalized spacial score (nSPS) is 27.2. The Morgan fingerprint density at radius 3 is 1.78 bits per heavy atom. The third-order valence-electron chi connectivity index (χ3n) is 11.6. The number of sulfonamides is 1. The van der Waals surface area contributed by atoms with E-state index in [9.17, 15) is 22.8 Å². The molecule has 12 heteroatoms. The number of ether oxygens (including phenoxy) is 3. The second-order valence-corrected chi connectivity index (χ2v) is 20.0. The standard InChI is InChI=1S/C37H65N3O8S/c1-25(2)30(39(33(43)48-35(6,7)8)38-32(42)47-34(3,4)5)31(41)46-29-23-26-21-22-37(29,36(26,9)10)24-49(44,45)40(27-17-13-11-14-18-27)28-19-15-12-16-20-28/h25-30H,11-24H2,1-10H3,(H,38,42)/t26-,29-,30-,37-/m1/s1. The molecule has 0 radical (unpaired) electrons. The fourth-order valence-electron chi connectivity index (χ4n) is 9.15. The van der Waals surface area contributed by atoms with Gasteiger partial charge in [0, 0.05) is 17.5 Å². The number of hydrazine groups is 1. The van der Waals surface area contributed by atoms with Crippen LogP contribution in [0.2, 0.25) is 0 Å². The summed E-state index contributed by atoms with van der Waals surface area (Å²) in [6.07, 6.45) is 9.64. The van der Waals surface area contributed by atoms with E-state index in [1.807, 2.05) is 4.31 Å². The highest BCUT2D eigenvalue weighted by Gasteiger charge is 2.67. The molecule has 0 aromatic heterocycles. The molecule has 11 nitrogen and oxygen atoms in total. The van der Waals surface area contributed by atoms with E-state index in [0.717, 1.165) is 75.6 Å². The molecule has 0 spiro atoms. The van der Waals surface area contributed by atoms with Crippen LogP contribution in [-0.4, -0.2) is 77.1 Å². The molecule has 2 bridgehead atoms. The summed E-state index contributed by atoms with van der Waals surface area (Å²) in [5.74, 6) is -1.07. The van der Waals surface area contributed by atoms with Crippen molar-refractivity contribution in [2.45, 2.75) is 188 Å². The van der Waals surface area contributed by atoms with E-state index in [4.69, 9.17) is 14.2 Å². The number of nitrogens with one attached hydrogen (secondary N) is 1. The van der Waals surface area contributed by atoms with E-state index in [-0.39, 0.29) is 29.2 Å². The van der Waals surface area contributed by atoms with Gasteiger partial charge in [0.25, 0.3) is 0 Å². The van der Waals surface area contributed by atoms with Gasteiger partial charge in [0.2, 0.25) is 10.0 Å². The average molecular weight is 712 g/mol. The summed E-state index contributed by atoms with van der Waals surface area (Å²) in [7, 11) is -3.72. The van der Waals surface area contributed by atoms with E-state index in [1.165, 1.54) is 0 Å². The van der Waals surface area contributed by atoms with Gasteiger partial charge in [-0.25, -0.2) is 33.2 Å². The minimum absolute atomic E-state index is 0.0209. The maximum atomic E-state index is 14.8. The fourth-order valence-corrected chi connectivity index (χ4v) is 12.0. The SMILES string of the molecule is CC(C)[C@H](C(=O)O[C@@H]1C[C@H]2CC[C@]1(CS(=O)(=O)N(C1CCCCC1)C1CCCCC1)C2(C)C)N(NC(=O)OC(C)(C)C)C(=O)OC(C)(C)C. The van der Waals surface area contributed by atoms with Crippen LogP contribution in [0.3, 0.4) is 0 Å². The summed E-state index contributed by atoms with van der Waals surface area (Å²) in [6, 6.07) is -1.21. The van der Waals surface area contributed by atoms with Crippen molar-refractivity contribution in [1.29, 1.82) is 0 Å². The number of fused-ring (bicyclic) bond motifs is 2. The first-order valence-corrected chi connectivity index (χ1v) is 20.4. The molecule has 0 aromatic carbocycles. The zero-order valence-corrected chi connectivity index (χ0v) is 32.7. The van der Waals surface area contributed by atoms with Crippen LogP contribution in [0.25, 0.3) is 0 Å². The largest absolute Gasteiger partial charge is 0.460 e. The molecule has 4 aliphatic rings. The van der Waals surface area contributed by atoms with Crippen LogP contribution in [0.5, 0.6) is 0 Å². The number of hydrogen-bond acceptors (Lipinski definition) is 8. The van der Waals surface area contributed by atoms with Gasteiger partial charge >= 0.3 is 18.2 Å². The van der Waals surface area contributed by atoms with E-state index in [1.54, 1.807) is 55.4 Å². The number of hydrogen-bond donors (Lipinski definition) is 1. The Morgan fingerprint density at radius 2 is 1.33 bits per heavy atom. The molecule has 0 aromatic rings. The molecule has 2 amide bonds. The first-order valence-electron chi connectivity index (χ1n) is 18.8. The lowest BCUT2D eigenvalue weighted by Crippen LogP contribution is -2.60. The number of amides is 2. The molecule has 0 unspecified atom stereocenters. The summed E-state index contributed by atoms with van der Waals surface area (Å²) < 4.78 is 49.1. The Kier molecular flexibility index (Phi) is 12.1. The topological polar surface area (TPSA) is 132 Å². The molecule has 4 fully saturated rings. The van der Waals surface area contributed by atoms with Crippen molar-refractivity contribution in [2.75, 3.05) is 5.75 Å². The van der Waals surface area contributed by atoms with Crippen LogP contribution in [-0.2, 0) is 29.0 Å². The number of rotatable bonds is 9. The predicted octanol–water partition coefficient (Wildman–Crippen LogP) is 7.72. The Labute approximate surface area is 295 Å². The molecule has 0 saturated heterocycles. The molecule has 0 aliphatic heterocycles. The number of esters is 1. The van der Waals surface area contributed by atoms with Crippen molar-refractivity contribution in [1.82, 2.24) is 14.7 Å². The number of carbonyl (C=O) groups excluding carboxylic acids is 3. The molecule has 4 rings (SSSR count). The Hall–Kier alpha value is -2.08. The lowest BCUT2D eigenvalue weighted by Gasteiger charge is -2.46. The van der Waals surface area contributed by atoms with Crippen LogP contribution < -0.4 is 5.43 Å². The second kappa shape index (κ2) is 14.9. The van der Waals surface area contributed by atoms with Crippen LogP contribution in [0.15, 0.2) is 0 Å². The minimum Gasteiger partial charge on any atom is -0.460 e. The van der Waals surface area contributed by atoms with Gasteiger partial charge in [0.15, 0.2) is 6.04 Å². The Balaban J connectivity index is 1.65. The van der Waals surface area contributed by atoms with Gasteiger partial charge in [-0.15, -0.1) is 0 Å². The highest BCUT2D eigenvalue weighted by molar-refractivity contribution is 7.89. The highest BCUT2D eigenvalue weighted by atomic mass is 32.2. The monoisotopic (exact) mass is 711 g/mol. The molecular formula is C37H65N3O8S. The Bertz CT molecular complexity index is 1270. The predicted molar refractivity (Wildman–Crippen MR) is 189 cm³/mol. The Morgan fingerprint density at radius 1 is 0.816 bits per heavy atom. The second-order valence-electron chi connectivity index (χ2n) is 18.1. The van der Waals surface area contributed by atoms with Crippen molar-refractivity contribution in [3.8, 4) is 0 Å². The van der Waals surface area contributed by atoms with Crippen molar-refractivity contribution < 1.29 is 37.0 Å². The third kappa shape index (κ3) is 9.05. The van der Waals surface area contributed by atoms with Crippen molar-refractivity contribution in [3.63, 3.8) is 0 Å². The summed E-state index contributed by atoms with van der Waals surface area (Å²) in [5, 5.41) is 0.877. The van der Waals surface area contributed by atoms with Crippen molar-refractivity contribution in [2.24, 2.45) is 22.7 Å². The van der Waals surface area contributed by atoms with Gasteiger partial charge in [-0.2, -0.15) is 4.31 Å². The summed E-state index contributed by atoms with van der Waals surface area (Å²) >= 11 is 0. The number of nitrogens with zero attached hydrogens (tertiary/aromatic N) is 2. The molecule has 1 N–H and O–H groups in total. The molecule has 0 heterocycles. The molecule has 4 atom stereocenters. The van der Waals surface area contributed by atoms with Gasteiger partial charge in [-0.3, -0.25) is 0 Å². The highest BCUT2D eigenvalue weighted by Crippen LogP contribution is 2.67. The van der Waals surface area contributed by atoms with Gasteiger partial charge in [0.05, 0.1) is 5.75 Å². The smallest absolute Gasteiger partial charge is 0.430 e. The van der Waals surface area contributed by atoms with Crippen LogP contribution in [0.1, 0.15) is 153 Å². The molecule has 4 saturated carbocycles. The first kappa shape index (κ1) is 39.7. The lowest BCUT2D eigenvalue weighted by atomic mass is 9.69.